The molecule has 0 aliphatic rings. The third-order valence-electron chi connectivity index (χ3n) is 3.28. The molecule has 0 unspecified atom stereocenters. The van der Waals surface area contributed by atoms with Crippen molar-refractivity contribution in [3.63, 3.8) is 0 Å². The minimum atomic E-state index is -0.809. The summed E-state index contributed by atoms with van der Waals surface area (Å²) in [5.41, 5.74) is 6.66. The molecule has 24 heavy (non-hydrogen) atoms. The van der Waals surface area contributed by atoms with E-state index in [1.807, 2.05) is 25.1 Å². The first-order valence-corrected chi connectivity index (χ1v) is 7.33. The van der Waals surface area contributed by atoms with Gasteiger partial charge in [0.2, 0.25) is 0 Å². The van der Waals surface area contributed by atoms with Crippen molar-refractivity contribution in [2.45, 2.75) is 20.0 Å². The number of rotatable bonds is 4. The predicted octanol–water partition coefficient (Wildman–Crippen LogP) is 2.10. The first kappa shape index (κ1) is 17.0. The summed E-state index contributed by atoms with van der Waals surface area (Å²) < 4.78 is 5.46. The number of aryl methyl sites for hydroxylation is 1. The van der Waals surface area contributed by atoms with Gasteiger partial charge < -0.3 is 4.74 Å². The van der Waals surface area contributed by atoms with Crippen LogP contribution in [0.25, 0.3) is 0 Å². The number of carbonyl (C=O) groups excluding carboxylic acids is 2. The second-order valence-corrected chi connectivity index (χ2v) is 5.21. The lowest BCUT2D eigenvalue weighted by molar-refractivity contribution is -0.128. The molecule has 2 aromatic carbocycles. The number of hydrogen-bond acceptors (Lipinski definition) is 4. The Balaban J connectivity index is 1.85. The summed E-state index contributed by atoms with van der Waals surface area (Å²) in [6, 6.07) is 15.4. The average molecular weight is 323 g/mol. The molecule has 0 spiro atoms. The fourth-order valence-electron chi connectivity index (χ4n) is 1.86. The first-order valence-electron chi connectivity index (χ1n) is 7.33. The van der Waals surface area contributed by atoms with Crippen LogP contribution >= 0.6 is 0 Å². The van der Waals surface area contributed by atoms with Gasteiger partial charge in [-0.2, -0.15) is 5.26 Å². The fourth-order valence-corrected chi connectivity index (χ4v) is 1.86. The number of hydrogen-bond donors (Lipinski definition) is 2. The number of ether oxygens (including phenoxy) is 1. The molecule has 2 aromatic rings. The van der Waals surface area contributed by atoms with E-state index in [0.29, 0.717) is 16.9 Å². The van der Waals surface area contributed by atoms with Gasteiger partial charge in [-0.05, 0) is 50.2 Å². The monoisotopic (exact) mass is 323 g/mol. The molecule has 0 saturated heterocycles. The van der Waals surface area contributed by atoms with Crippen LogP contribution in [0.5, 0.6) is 5.75 Å². The van der Waals surface area contributed by atoms with Gasteiger partial charge in [0.05, 0.1) is 11.6 Å². The lowest BCUT2D eigenvalue weighted by Gasteiger charge is -2.15. The Morgan fingerprint density at radius 1 is 1.04 bits per heavy atom. The number of nitrogens with zero attached hydrogens (tertiary/aromatic N) is 1. The zero-order valence-electron chi connectivity index (χ0n) is 13.4. The van der Waals surface area contributed by atoms with Crippen molar-refractivity contribution >= 4 is 11.8 Å². The van der Waals surface area contributed by atoms with Crippen LogP contribution in [0.3, 0.4) is 0 Å². The Labute approximate surface area is 140 Å². The van der Waals surface area contributed by atoms with Crippen molar-refractivity contribution in [3.8, 4) is 11.8 Å². The van der Waals surface area contributed by atoms with E-state index in [1.165, 1.54) is 0 Å². The van der Waals surface area contributed by atoms with Crippen molar-refractivity contribution in [3.05, 3.63) is 65.2 Å². The standard InChI is InChI=1S/C18H17N3O3/c1-12-3-7-15(8-4-12)18(23)21-20-17(22)13(2)24-16-9-5-14(11-19)6-10-16/h3-10,13H,1-2H3,(H,20,22)(H,21,23)/t13-/m0/s1. The van der Waals surface area contributed by atoms with Crippen molar-refractivity contribution in [1.82, 2.24) is 10.9 Å². The third-order valence-corrected chi connectivity index (χ3v) is 3.28. The Morgan fingerprint density at radius 3 is 2.25 bits per heavy atom. The van der Waals surface area contributed by atoms with Crippen LogP contribution in [0.4, 0.5) is 0 Å². The molecular weight excluding hydrogens is 306 g/mol. The highest BCUT2D eigenvalue weighted by molar-refractivity contribution is 5.95. The largest absolute Gasteiger partial charge is 0.481 e. The van der Waals surface area contributed by atoms with Gasteiger partial charge in [-0.25, -0.2) is 0 Å². The maximum absolute atomic E-state index is 12.0. The van der Waals surface area contributed by atoms with E-state index in [4.69, 9.17) is 10.00 Å². The van der Waals surface area contributed by atoms with Crippen molar-refractivity contribution < 1.29 is 14.3 Å². The average Bonchev–Trinajstić information content (AvgIpc) is 2.60. The summed E-state index contributed by atoms with van der Waals surface area (Å²) in [6.45, 7) is 3.48. The zero-order chi connectivity index (χ0) is 17.5. The smallest absolute Gasteiger partial charge is 0.279 e. The Bertz CT molecular complexity index is 762. The number of amides is 2. The van der Waals surface area contributed by atoms with Gasteiger partial charge in [-0.1, -0.05) is 17.7 Å². The van der Waals surface area contributed by atoms with Crippen LogP contribution < -0.4 is 15.6 Å². The molecular formula is C18H17N3O3. The second-order valence-electron chi connectivity index (χ2n) is 5.21. The van der Waals surface area contributed by atoms with E-state index in [1.54, 1.807) is 43.3 Å². The van der Waals surface area contributed by atoms with Crippen molar-refractivity contribution in [2.24, 2.45) is 0 Å². The van der Waals surface area contributed by atoms with Gasteiger partial charge in [0.25, 0.3) is 11.8 Å². The van der Waals surface area contributed by atoms with Gasteiger partial charge in [0.15, 0.2) is 6.10 Å². The van der Waals surface area contributed by atoms with Crippen LogP contribution in [0.2, 0.25) is 0 Å². The summed E-state index contributed by atoms with van der Waals surface area (Å²) in [5.74, 6) is -0.435. The molecule has 0 heterocycles. The summed E-state index contributed by atoms with van der Waals surface area (Å²) in [6.07, 6.45) is -0.809. The van der Waals surface area contributed by atoms with Gasteiger partial charge >= 0.3 is 0 Å². The number of nitrogens with one attached hydrogen (secondary N) is 2. The summed E-state index contributed by atoms with van der Waals surface area (Å²) in [7, 11) is 0. The highest BCUT2D eigenvalue weighted by Gasteiger charge is 2.15. The van der Waals surface area contributed by atoms with Crippen LogP contribution in [-0.4, -0.2) is 17.9 Å². The maximum Gasteiger partial charge on any atom is 0.279 e. The lowest BCUT2D eigenvalue weighted by Crippen LogP contribution is -2.47. The van der Waals surface area contributed by atoms with E-state index < -0.39 is 17.9 Å². The Kier molecular flexibility index (Phi) is 5.53. The molecule has 122 valence electrons. The van der Waals surface area contributed by atoms with Crippen LogP contribution in [0, 0.1) is 18.3 Å². The van der Waals surface area contributed by atoms with Crippen LogP contribution in [0.1, 0.15) is 28.4 Å². The topological polar surface area (TPSA) is 91.2 Å². The van der Waals surface area contributed by atoms with E-state index in [0.717, 1.165) is 5.56 Å². The molecule has 6 nitrogen and oxygen atoms in total. The van der Waals surface area contributed by atoms with E-state index >= 15 is 0 Å². The molecule has 0 aliphatic carbocycles. The quantitative estimate of drug-likeness (QED) is 0.843. The maximum atomic E-state index is 12.0. The van der Waals surface area contributed by atoms with Gasteiger partial charge in [0, 0.05) is 5.56 Å². The minimum absolute atomic E-state index is 0.408. The Hall–Kier alpha value is -3.33. The van der Waals surface area contributed by atoms with Crippen LogP contribution in [-0.2, 0) is 4.79 Å². The highest BCUT2D eigenvalue weighted by Crippen LogP contribution is 2.13. The zero-order valence-corrected chi connectivity index (χ0v) is 13.4. The van der Waals surface area contributed by atoms with Crippen molar-refractivity contribution in [1.29, 1.82) is 5.26 Å². The summed E-state index contributed by atoms with van der Waals surface area (Å²) in [4.78, 5) is 23.9. The van der Waals surface area contributed by atoms with Gasteiger partial charge in [0.1, 0.15) is 5.75 Å². The highest BCUT2D eigenvalue weighted by atomic mass is 16.5. The Morgan fingerprint density at radius 2 is 1.67 bits per heavy atom. The number of benzene rings is 2. The summed E-state index contributed by atoms with van der Waals surface area (Å²) in [5, 5.41) is 8.73. The van der Waals surface area contributed by atoms with Gasteiger partial charge in [-0.3, -0.25) is 20.4 Å². The van der Waals surface area contributed by atoms with Gasteiger partial charge in [-0.15, -0.1) is 0 Å². The van der Waals surface area contributed by atoms with E-state index in [-0.39, 0.29) is 0 Å². The molecule has 2 amide bonds. The minimum Gasteiger partial charge on any atom is -0.481 e. The molecule has 2 N–H and O–H groups in total. The molecule has 6 heteroatoms. The molecule has 1 atom stereocenters. The molecule has 0 saturated carbocycles. The first-order chi connectivity index (χ1) is 11.5. The van der Waals surface area contributed by atoms with Crippen molar-refractivity contribution in [2.75, 3.05) is 0 Å². The number of nitriles is 1. The molecule has 0 aliphatic heterocycles. The van der Waals surface area contributed by atoms with Crippen LogP contribution in [0.15, 0.2) is 48.5 Å². The SMILES string of the molecule is Cc1ccc(C(=O)NNC(=O)[C@H](C)Oc2ccc(C#N)cc2)cc1. The summed E-state index contributed by atoms with van der Waals surface area (Å²) >= 11 is 0. The molecule has 2 rings (SSSR count). The fraction of sp³-hybridized carbons (Fsp3) is 0.167. The molecule has 0 bridgehead atoms. The predicted molar refractivity (Wildman–Crippen MR) is 88.0 cm³/mol. The lowest BCUT2D eigenvalue weighted by atomic mass is 10.1. The number of carbonyl (C=O) groups is 2. The normalized spacial score (nSPS) is 11.0. The second kappa shape index (κ2) is 7.79. The number of hydrazine groups is 1. The molecule has 0 aromatic heterocycles. The third kappa shape index (κ3) is 4.58. The molecule has 0 fully saturated rings. The molecule has 0 radical (unpaired) electrons. The van der Waals surface area contributed by atoms with E-state index in [2.05, 4.69) is 10.9 Å². The van der Waals surface area contributed by atoms with E-state index in [9.17, 15) is 9.59 Å².